The predicted molar refractivity (Wildman–Crippen MR) is 51.8 cm³/mol. The van der Waals surface area contributed by atoms with E-state index in [2.05, 4.69) is 16.3 Å². The van der Waals surface area contributed by atoms with Crippen molar-refractivity contribution in [2.24, 2.45) is 7.05 Å². The second-order valence-electron chi connectivity index (χ2n) is 2.91. The fourth-order valence-corrected chi connectivity index (χ4v) is 1.23. The topological polar surface area (TPSA) is 39.9 Å². The zero-order valence-corrected chi connectivity index (χ0v) is 10.8. The van der Waals surface area contributed by atoms with E-state index < -0.39 is 0 Å². The Bertz CT molecular complexity index is 442. The number of nitrogens with zero attached hydrogens (tertiary/aromatic N) is 3. The van der Waals surface area contributed by atoms with Crippen molar-refractivity contribution in [1.82, 2.24) is 14.8 Å². The van der Waals surface area contributed by atoms with Gasteiger partial charge in [0, 0.05) is 32.9 Å². The van der Waals surface area contributed by atoms with Gasteiger partial charge < -0.3 is 9.30 Å². The van der Waals surface area contributed by atoms with Gasteiger partial charge in [0.25, 0.3) is 0 Å². The average Bonchev–Trinajstić information content (AvgIpc) is 2.65. The molecule has 1 heterocycles. The molecule has 0 spiro atoms. The van der Waals surface area contributed by atoms with Crippen molar-refractivity contribution in [2.45, 2.75) is 0 Å². The van der Waals surface area contributed by atoms with Crippen LogP contribution < -0.4 is 4.74 Å². The standard InChI is InChI=1S/C10H10N3O.Ir/c1-13-7-11-12-10(13)8-4-3-5-9(6-8)14-2;/h3,5-7H,1-2H3;/q-1;. The molecule has 0 aliphatic rings. The first kappa shape index (κ1) is 11.9. The third-order valence-electron chi connectivity index (χ3n) is 1.96. The van der Waals surface area contributed by atoms with Crippen LogP contribution in [0.2, 0.25) is 0 Å². The van der Waals surface area contributed by atoms with Crippen LogP contribution in [0.25, 0.3) is 11.4 Å². The van der Waals surface area contributed by atoms with Gasteiger partial charge in [0.2, 0.25) is 0 Å². The molecule has 15 heavy (non-hydrogen) atoms. The van der Waals surface area contributed by atoms with Crippen LogP contribution in [0, 0.1) is 6.07 Å². The zero-order chi connectivity index (χ0) is 9.97. The number of aromatic nitrogens is 3. The summed E-state index contributed by atoms with van der Waals surface area (Å²) < 4.78 is 6.95. The van der Waals surface area contributed by atoms with Gasteiger partial charge in [0.15, 0.2) is 0 Å². The van der Waals surface area contributed by atoms with Crippen LogP contribution >= 0.6 is 0 Å². The van der Waals surface area contributed by atoms with Crippen molar-refractivity contribution in [1.29, 1.82) is 0 Å². The molecule has 0 fully saturated rings. The van der Waals surface area contributed by atoms with Crippen LogP contribution in [0.1, 0.15) is 0 Å². The molecule has 0 saturated heterocycles. The molecule has 0 amide bonds. The van der Waals surface area contributed by atoms with E-state index in [0.717, 1.165) is 17.1 Å². The Morgan fingerprint density at radius 3 is 2.87 bits per heavy atom. The summed E-state index contributed by atoms with van der Waals surface area (Å²) in [7, 11) is 3.53. The molecule has 2 rings (SSSR count). The maximum atomic E-state index is 5.12. The summed E-state index contributed by atoms with van der Waals surface area (Å²) in [6.45, 7) is 0. The SMILES string of the molecule is COc1cc[c-]c(-c2nncn2C)c1.[Ir]. The number of ether oxygens (including phenoxy) is 1. The van der Waals surface area contributed by atoms with E-state index in [0.29, 0.717) is 0 Å². The van der Waals surface area contributed by atoms with Crippen LogP contribution in [0.5, 0.6) is 5.75 Å². The van der Waals surface area contributed by atoms with E-state index in [1.54, 1.807) is 13.4 Å². The summed E-state index contributed by atoms with van der Waals surface area (Å²) in [5, 5.41) is 7.79. The van der Waals surface area contributed by atoms with Gasteiger partial charge in [-0.15, -0.1) is 28.9 Å². The van der Waals surface area contributed by atoms with Gasteiger partial charge >= 0.3 is 0 Å². The van der Waals surface area contributed by atoms with Crippen molar-refractivity contribution >= 4 is 0 Å². The van der Waals surface area contributed by atoms with Crippen LogP contribution in [0.3, 0.4) is 0 Å². The molecule has 0 bridgehead atoms. The van der Waals surface area contributed by atoms with Gasteiger partial charge in [-0.1, -0.05) is 6.07 Å². The third kappa shape index (κ3) is 2.43. The first-order chi connectivity index (χ1) is 6.81. The normalized spacial score (nSPS) is 9.47. The second kappa shape index (κ2) is 5.05. The fraction of sp³-hybridized carbons (Fsp3) is 0.200. The van der Waals surface area contributed by atoms with Gasteiger partial charge in [-0.25, -0.2) is 0 Å². The Hall–Kier alpha value is -1.19. The molecule has 4 nitrogen and oxygen atoms in total. The minimum atomic E-state index is 0. The van der Waals surface area contributed by atoms with Crippen molar-refractivity contribution in [3.63, 3.8) is 0 Å². The molecule has 1 aromatic carbocycles. The first-order valence-corrected chi connectivity index (χ1v) is 4.21. The number of methoxy groups -OCH3 is 1. The molecule has 0 aliphatic heterocycles. The number of hydrogen-bond acceptors (Lipinski definition) is 3. The van der Waals surface area contributed by atoms with Crippen molar-refractivity contribution in [3.05, 3.63) is 30.6 Å². The number of benzene rings is 1. The van der Waals surface area contributed by atoms with Gasteiger partial charge in [0.05, 0.1) is 12.9 Å². The molecule has 0 saturated carbocycles. The number of aryl methyl sites for hydroxylation is 1. The monoisotopic (exact) mass is 381 g/mol. The molecule has 1 radical (unpaired) electrons. The van der Waals surface area contributed by atoms with E-state index >= 15 is 0 Å². The minimum absolute atomic E-state index is 0. The Morgan fingerprint density at radius 1 is 1.47 bits per heavy atom. The van der Waals surface area contributed by atoms with E-state index in [1.165, 1.54) is 0 Å². The summed E-state index contributed by atoms with van der Waals surface area (Å²) >= 11 is 0. The molecule has 5 heteroatoms. The van der Waals surface area contributed by atoms with Gasteiger partial charge in [-0.2, -0.15) is 5.10 Å². The maximum Gasteiger partial charge on any atom is 0.110 e. The summed E-state index contributed by atoms with van der Waals surface area (Å²) in [5.74, 6) is 1.57. The summed E-state index contributed by atoms with van der Waals surface area (Å²) in [6, 6.07) is 8.62. The molecule has 81 valence electrons. The molecule has 0 atom stereocenters. The van der Waals surface area contributed by atoms with Gasteiger partial charge in [-0.05, 0) is 0 Å². The molecular formula is C10H10IrN3O-. The van der Waals surface area contributed by atoms with Crippen LogP contribution in [-0.4, -0.2) is 21.9 Å². The largest absolute Gasteiger partial charge is 0.516 e. The summed E-state index contributed by atoms with van der Waals surface area (Å²) in [5.41, 5.74) is 0.879. The molecule has 0 unspecified atom stereocenters. The predicted octanol–water partition coefficient (Wildman–Crippen LogP) is 1.29. The number of hydrogen-bond donors (Lipinski definition) is 0. The van der Waals surface area contributed by atoms with E-state index in [4.69, 9.17) is 4.74 Å². The quantitative estimate of drug-likeness (QED) is 0.738. The maximum absolute atomic E-state index is 5.12. The van der Waals surface area contributed by atoms with Crippen LogP contribution in [-0.2, 0) is 27.2 Å². The molecule has 2 aromatic rings. The molecule has 0 N–H and O–H groups in total. The summed E-state index contributed by atoms with van der Waals surface area (Å²) in [6.07, 6.45) is 1.66. The van der Waals surface area contributed by atoms with Crippen molar-refractivity contribution in [2.75, 3.05) is 7.11 Å². The van der Waals surface area contributed by atoms with E-state index in [1.807, 2.05) is 29.8 Å². The minimum Gasteiger partial charge on any atom is -0.516 e. The fourth-order valence-electron chi connectivity index (χ4n) is 1.23. The van der Waals surface area contributed by atoms with Crippen molar-refractivity contribution in [3.8, 4) is 17.1 Å². The zero-order valence-electron chi connectivity index (χ0n) is 8.39. The Labute approximate surface area is 102 Å². The van der Waals surface area contributed by atoms with E-state index in [9.17, 15) is 0 Å². The van der Waals surface area contributed by atoms with Gasteiger partial charge in [0.1, 0.15) is 6.33 Å². The molecule has 1 aromatic heterocycles. The Kier molecular flexibility index (Phi) is 4.00. The Balaban J connectivity index is 0.00000112. The van der Waals surface area contributed by atoms with Gasteiger partial charge in [-0.3, -0.25) is 0 Å². The van der Waals surface area contributed by atoms with Crippen LogP contribution in [0.4, 0.5) is 0 Å². The average molecular weight is 380 g/mol. The smallest absolute Gasteiger partial charge is 0.110 e. The first-order valence-electron chi connectivity index (χ1n) is 4.21. The second-order valence-corrected chi connectivity index (χ2v) is 2.91. The number of rotatable bonds is 2. The van der Waals surface area contributed by atoms with Crippen molar-refractivity contribution < 1.29 is 24.8 Å². The Morgan fingerprint density at radius 2 is 2.27 bits per heavy atom. The third-order valence-corrected chi connectivity index (χ3v) is 1.96. The van der Waals surface area contributed by atoms with Crippen LogP contribution in [0.15, 0.2) is 24.5 Å². The van der Waals surface area contributed by atoms with E-state index in [-0.39, 0.29) is 20.1 Å². The molecule has 0 aliphatic carbocycles. The molecular weight excluding hydrogens is 370 g/mol. The summed E-state index contributed by atoms with van der Waals surface area (Å²) in [4.78, 5) is 0.